The van der Waals surface area contributed by atoms with Crippen LogP contribution in [0.3, 0.4) is 0 Å². The van der Waals surface area contributed by atoms with Crippen LogP contribution < -0.4 is 0 Å². The van der Waals surface area contributed by atoms with E-state index >= 15 is 0 Å². The van der Waals surface area contributed by atoms with Crippen LogP contribution in [0, 0.1) is 23.7 Å². The Labute approximate surface area is 217 Å². The molecule has 0 aliphatic carbocycles. The molecule has 0 spiro atoms. The predicted molar refractivity (Wildman–Crippen MR) is 147 cm³/mol. The van der Waals surface area contributed by atoms with Gasteiger partial charge in [-0.05, 0) is 50.4 Å². The molecule has 0 saturated carbocycles. The van der Waals surface area contributed by atoms with Crippen molar-refractivity contribution in [3.05, 3.63) is 0 Å². The van der Waals surface area contributed by atoms with Crippen LogP contribution in [-0.2, 0) is 14.2 Å². The lowest BCUT2D eigenvalue weighted by molar-refractivity contribution is -0.332. The molecule has 0 aromatic carbocycles. The SMILES string of the molecule is CCCCCCCCCC#CC1(OC2(C#CCCCCCCCCC)CCCCO2)CCCCO1. The Bertz CT molecular complexity index is 579. The topological polar surface area (TPSA) is 27.7 Å². The molecular formula is C32H54O3. The Kier molecular flexibility index (Phi) is 16.5. The minimum atomic E-state index is -0.856. The van der Waals surface area contributed by atoms with Crippen LogP contribution in [0.15, 0.2) is 0 Å². The first-order valence-electron chi connectivity index (χ1n) is 15.2. The summed E-state index contributed by atoms with van der Waals surface area (Å²) in [5.74, 6) is 11.9. The summed E-state index contributed by atoms with van der Waals surface area (Å²) in [6.07, 6.45) is 26.0. The van der Waals surface area contributed by atoms with E-state index < -0.39 is 11.6 Å². The Morgan fingerprint density at radius 2 is 0.943 bits per heavy atom. The fourth-order valence-electron chi connectivity index (χ4n) is 4.95. The molecule has 2 heterocycles. The number of rotatable bonds is 16. The van der Waals surface area contributed by atoms with Gasteiger partial charge in [0.2, 0.25) is 11.6 Å². The van der Waals surface area contributed by atoms with Crippen molar-refractivity contribution in [3.8, 4) is 23.7 Å². The van der Waals surface area contributed by atoms with Crippen LogP contribution in [0.5, 0.6) is 0 Å². The van der Waals surface area contributed by atoms with Crippen LogP contribution in [0.4, 0.5) is 0 Å². The van der Waals surface area contributed by atoms with Crippen LogP contribution in [0.1, 0.15) is 155 Å². The largest absolute Gasteiger partial charge is 0.340 e. The second kappa shape index (κ2) is 19.2. The fraction of sp³-hybridized carbons (Fsp3) is 0.875. The normalized spacial score (nSPS) is 24.3. The zero-order valence-corrected chi connectivity index (χ0v) is 23.2. The van der Waals surface area contributed by atoms with Gasteiger partial charge in [0, 0.05) is 25.7 Å². The molecule has 0 aromatic heterocycles. The van der Waals surface area contributed by atoms with Gasteiger partial charge in [-0.25, -0.2) is 0 Å². The molecule has 200 valence electrons. The lowest BCUT2D eigenvalue weighted by Crippen LogP contribution is -2.49. The maximum atomic E-state index is 6.66. The van der Waals surface area contributed by atoms with Gasteiger partial charge < -0.3 is 9.47 Å². The van der Waals surface area contributed by atoms with E-state index in [1.54, 1.807) is 0 Å². The molecule has 35 heavy (non-hydrogen) atoms. The molecule has 2 rings (SSSR count). The number of hydrogen-bond donors (Lipinski definition) is 0. The van der Waals surface area contributed by atoms with Gasteiger partial charge in [0.25, 0.3) is 0 Å². The number of unbranched alkanes of at least 4 members (excludes halogenated alkanes) is 14. The van der Waals surface area contributed by atoms with Gasteiger partial charge in [-0.15, -0.1) is 0 Å². The van der Waals surface area contributed by atoms with Gasteiger partial charge in [-0.3, -0.25) is 4.74 Å². The Hall–Kier alpha value is -1.00. The van der Waals surface area contributed by atoms with Gasteiger partial charge in [0.05, 0.1) is 13.2 Å². The summed E-state index contributed by atoms with van der Waals surface area (Å²) >= 11 is 0. The van der Waals surface area contributed by atoms with Crippen LogP contribution in [-0.4, -0.2) is 24.8 Å². The highest BCUT2D eigenvalue weighted by Gasteiger charge is 2.44. The van der Waals surface area contributed by atoms with Crippen molar-refractivity contribution in [3.63, 3.8) is 0 Å². The molecule has 0 amide bonds. The minimum absolute atomic E-state index is 0.702. The molecule has 3 nitrogen and oxygen atoms in total. The maximum absolute atomic E-state index is 6.66. The second-order valence-electron chi connectivity index (χ2n) is 10.6. The van der Waals surface area contributed by atoms with E-state index in [1.165, 1.54) is 77.0 Å². The van der Waals surface area contributed by atoms with E-state index in [9.17, 15) is 0 Å². The first-order chi connectivity index (χ1) is 17.2. The van der Waals surface area contributed by atoms with Crippen molar-refractivity contribution in [2.75, 3.05) is 13.2 Å². The molecule has 2 aliphatic heterocycles. The number of hydrogen-bond acceptors (Lipinski definition) is 3. The van der Waals surface area contributed by atoms with Crippen molar-refractivity contribution >= 4 is 0 Å². The lowest BCUT2D eigenvalue weighted by Gasteiger charge is -2.41. The van der Waals surface area contributed by atoms with Gasteiger partial charge in [0.15, 0.2) is 0 Å². The van der Waals surface area contributed by atoms with Crippen LogP contribution in [0.2, 0.25) is 0 Å². The average Bonchev–Trinajstić information content (AvgIpc) is 2.88. The van der Waals surface area contributed by atoms with E-state index in [4.69, 9.17) is 14.2 Å². The molecule has 2 unspecified atom stereocenters. The minimum Gasteiger partial charge on any atom is -0.340 e. The van der Waals surface area contributed by atoms with E-state index in [0.29, 0.717) is 13.2 Å². The van der Waals surface area contributed by atoms with Crippen LogP contribution >= 0.6 is 0 Å². The molecule has 2 atom stereocenters. The first-order valence-corrected chi connectivity index (χ1v) is 15.2. The second-order valence-corrected chi connectivity index (χ2v) is 10.6. The smallest absolute Gasteiger partial charge is 0.236 e. The fourth-order valence-corrected chi connectivity index (χ4v) is 4.95. The zero-order chi connectivity index (χ0) is 24.9. The monoisotopic (exact) mass is 486 g/mol. The maximum Gasteiger partial charge on any atom is 0.236 e. The summed E-state index contributed by atoms with van der Waals surface area (Å²) in [6, 6.07) is 0. The average molecular weight is 487 g/mol. The number of ether oxygens (including phenoxy) is 3. The van der Waals surface area contributed by atoms with Crippen molar-refractivity contribution in [2.45, 2.75) is 167 Å². The molecule has 2 aliphatic rings. The van der Waals surface area contributed by atoms with Gasteiger partial charge >= 0.3 is 0 Å². The van der Waals surface area contributed by atoms with Crippen molar-refractivity contribution in [2.24, 2.45) is 0 Å². The molecule has 0 bridgehead atoms. The van der Waals surface area contributed by atoms with E-state index in [1.807, 2.05) is 0 Å². The lowest BCUT2D eigenvalue weighted by atomic mass is 10.0. The highest BCUT2D eigenvalue weighted by molar-refractivity contribution is 5.17. The molecule has 0 aromatic rings. The Morgan fingerprint density at radius 1 is 0.543 bits per heavy atom. The van der Waals surface area contributed by atoms with Gasteiger partial charge in [-0.2, -0.15) is 0 Å². The highest BCUT2D eigenvalue weighted by Crippen LogP contribution is 2.35. The molecule has 2 saturated heterocycles. The molecule has 2 fully saturated rings. The zero-order valence-electron chi connectivity index (χ0n) is 23.2. The predicted octanol–water partition coefficient (Wildman–Crippen LogP) is 9.08. The third-order valence-corrected chi connectivity index (χ3v) is 7.17. The Balaban J connectivity index is 1.87. The summed E-state index contributed by atoms with van der Waals surface area (Å²) < 4.78 is 19.1. The third-order valence-electron chi connectivity index (χ3n) is 7.17. The van der Waals surface area contributed by atoms with Gasteiger partial charge in [-0.1, -0.05) is 103 Å². The summed E-state index contributed by atoms with van der Waals surface area (Å²) in [4.78, 5) is 0. The summed E-state index contributed by atoms with van der Waals surface area (Å²) in [5, 5.41) is 0. The molecular weight excluding hydrogens is 432 g/mol. The van der Waals surface area contributed by atoms with Crippen molar-refractivity contribution < 1.29 is 14.2 Å². The Morgan fingerprint density at radius 3 is 1.31 bits per heavy atom. The van der Waals surface area contributed by atoms with Crippen LogP contribution in [0.25, 0.3) is 0 Å². The van der Waals surface area contributed by atoms with E-state index in [0.717, 1.165) is 64.2 Å². The standard InChI is InChI=1S/C32H54O3/c1-3-5-7-9-11-13-15-17-19-25-31(27-21-23-29-33-31)35-32(28-22-24-30-34-32)26-20-18-16-14-12-10-8-6-4-2/h3-18,21-24,27-30H2,1-2H3. The quantitative estimate of drug-likeness (QED) is 0.161. The first kappa shape index (κ1) is 30.2. The van der Waals surface area contributed by atoms with Gasteiger partial charge in [0.1, 0.15) is 0 Å². The van der Waals surface area contributed by atoms with Crippen molar-refractivity contribution in [1.82, 2.24) is 0 Å². The van der Waals surface area contributed by atoms with E-state index in [2.05, 4.69) is 37.5 Å². The summed E-state index contributed by atoms with van der Waals surface area (Å²) in [7, 11) is 0. The summed E-state index contributed by atoms with van der Waals surface area (Å²) in [5.41, 5.74) is 0. The summed E-state index contributed by atoms with van der Waals surface area (Å²) in [6.45, 7) is 5.94. The highest BCUT2D eigenvalue weighted by atomic mass is 16.8. The van der Waals surface area contributed by atoms with Crippen molar-refractivity contribution in [1.29, 1.82) is 0 Å². The molecule has 0 N–H and O–H groups in total. The van der Waals surface area contributed by atoms with E-state index in [-0.39, 0.29) is 0 Å². The molecule has 0 radical (unpaired) electrons. The third kappa shape index (κ3) is 13.2. The molecule has 3 heteroatoms.